The van der Waals surface area contributed by atoms with Gasteiger partial charge in [-0.25, -0.2) is 22.6 Å². The topological polar surface area (TPSA) is 114 Å². The maximum absolute atomic E-state index is 14.3. The van der Waals surface area contributed by atoms with Gasteiger partial charge in [0, 0.05) is 19.3 Å². The summed E-state index contributed by atoms with van der Waals surface area (Å²) in [5.41, 5.74) is 0.678. The molecule has 1 fully saturated rings. The van der Waals surface area contributed by atoms with Crippen LogP contribution in [-0.4, -0.2) is 51.0 Å². The first-order chi connectivity index (χ1) is 14.2. The normalized spacial score (nSPS) is 17.6. The third-order valence-corrected chi connectivity index (χ3v) is 7.11. The molecule has 9 nitrogen and oxygen atoms in total. The van der Waals surface area contributed by atoms with Gasteiger partial charge in [-0.1, -0.05) is 6.07 Å². The van der Waals surface area contributed by atoms with Gasteiger partial charge in [0.15, 0.2) is 5.65 Å². The smallest absolute Gasteiger partial charge is 0.331 e. The molecule has 30 heavy (non-hydrogen) atoms. The maximum Gasteiger partial charge on any atom is 0.331 e. The minimum Gasteiger partial charge on any atom is -0.480 e. The van der Waals surface area contributed by atoms with Crippen LogP contribution in [0.4, 0.5) is 4.39 Å². The van der Waals surface area contributed by atoms with E-state index in [4.69, 9.17) is 5.11 Å². The van der Waals surface area contributed by atoms with Gasteiger partial charge in [-0.05, 0) is 43.2 Å². The van der Waals surface area contributed by atoms with Crippen LogP contribution in [0.25, 0.3) is 11.2 Å². The van der Waals surface area contributed by atoms with Gasteiger partial charge in [0.1, 0.15) is 17.3 Å². The molecule has 11 heteroatoms. The summed E-state index contributed by atoms with van der Waals surface area (Å²) >= 11 is 0. The Kier molecular flexibility index (Phi) is 4.94. The lowest BCUT2D eigenvalue weighted by Crippen LogP contribution is -2.33. The van der Waals surface area contributed by atoms with Crippen molar-refractivity contribution in [2.24, 2.45) is 0 Å². The number of carboxylic acids is 1. The van der Waals surface area contributed by atoms with Crippen LogP contribution in [0, 0.1) is 12.7 Å². The van der Waals surface area contributed by atoms with E-state index in [0.717, 1.165) is 14.9 Å². The van der Waals surface area contributed by atoms with E-state index in [1.165, 1.54) is 22.9 Å². The molecule has 1 aliphatic rings. The van der Waals surface area contributed by atoms with Gasteiger partial charge in [0.25, 0.3) is 0 Å². The highest BCUT2D eigenvalue weighted by molar-refractivity contribution is 7.89. The van der Waals surface area contributed by atoms with E-state index in [2.05, 4.69) is 4.98 Å². The number of pyridine rings is 1. The number of halogens is 1. The Morgan fingerprint density at radius 2 is 2.10 bits per heavy atom. The Labute approximate surface area is 171 Å². The van der Waals surface area contributed by atoms with E-state index >= 15 is 0 Å². The second-order valence-corrected chi connectivity index (χ2v) is 9.12. The molecule has 0 saturated carbocycles. The minimum absolute atomic E-state index is 0.0433. The molecule has 0 aliphatic carbocycles. The Morgan fingerprint density at radius 1 is 1.33 bits per heavy atom. The summed E-state index contributed by atoms with van der Waals surface area (Å²) in [6, 6.07) is 6.56. The molecule has 3 aromatic rings. The molecule has 0 bridgehead atoms. The predicted molar refractivity (Wildman–Crippen MR) is 105 cm³/mol. The van der Waals surface area contributed by atoms with Crippen LogP contribution in [0.1, 0.15) is 18.0 Å². The van der Waals surface area contributed by atoms with Crippen LogP contribution in [0.5, 0.6) is 0 Å². The SMILES string of the molecule is Cc1ccc(S(=O)(=O)N2CCC(n3c(=O)n(CC(=O)O)c4cccnc43)C2)c(F)c1. The number of benzene rings is 1. The van der Waals surface area contributed by atoms with E-state index in [0.29, 0.717) is 17.5 Å². The molecule has 1 saturated heterocycles. The van der Waals surface area contributed by atoms with Gasteiger partial charge < -0.3 is 5.11 Å². The zero-order valence-electron chi connectivity index (χ0n) is 16.0. The second-order valence-electron chi connectivity index (χ2n) is 7.22. The third-order valence-electron chi connectivity index (χ3n) is 5.21. The van der Waals surface area contributed by atoms with Crippen molar-refractivity contribution in [3.63, 3.8) is 0 Å². The van der Waals surface area contributed by atoms with Crippen molar-refractivity contribution in [1.82, 2.24) is 18.4 Å². The van der Waals surface area contributed by atoms with Crippen LogP contribution in [0.3, 0.4) is 0 Å². The number of hydrogen-bond acceptors (Lipinski definition) is 5. The lowest BCUT2D eigenvalue weighted by Gasteiger charge is -2.17. The monoisotopic (exact) mass is 434 g/mol. The van der Waals surface area contributed by atoms with E-state index in [9.17, 15) is 22.4 Å². The number of fused-ring (bicyclic) bond motifs is 1. The van der Waals surface area contributed by atoms with Crippen LogP contribution >= 0.6 is 0 Å². The molecular weight excluding hydrogens is 415 g/mol. The standard InChI is InChI=1S/C19H19FN4O5S/c1-12-4-5-16(14(20)9-12)30(28,29)22-8-6-13(10-22)24-18-15(3-2-7-21-18)23(19(24)27)11-17(25)26/h2-5,7,9,13H,6,8,10-11H2,1H3,(H,25,26). The lowest BCUT2D eigenvalue weighted by atomic mass is 10.2. The number of aryl methyl sites for hydroxylation is 1. The summed E-state index contributed by atoms with van der Waals surface area (Å²) in [5, 5.41) is 9.13. The van der Waals surface area contributed by atoms with Crippen molar-refractivity contribution in [3.8, 4) is 0 Å². The summed E-state index contributed by atoms with van der Waals surface area (Å²) < 4.78 is 43.7. The average molecular weight is 434 g/mol. The number of carbonyl (C=O) groups is 1. The average Bonchev–Trinajstić information content (AvgIpc) is 3.25. The third kappa shape index (κ3) is 3.29. The Morgan fingerprint density at radius 3 is 2.80 bits per heavy atom. The molecule has 1 unspecified atom stereocenters. The highest BCUT2D eigenvalue weighted by Gasteiger charge is 2.36. The predicted octanol–water partition coefficient (Wildman–Crippen LogP) is 1.37. The lowest BCUT2D eigenvalue weighted by molar-refractivity contribution is -0.137. The molecule has 0 spiro atoms. The van der Waals surface area contributed by atoms with Gasteiger partial charge >= 0.3 is 11.7 Å². The summed E-state index contributed by atoms with van der Waals surface area (Å²) in [4.78, 5) is 27.9. The van der Waals surface area contributed by atoms with Crippen molar-refractivity contribution in [2.75, 3.05) is 13.1 Å². The highest BCUT2D eigenvalue weighted by atomic mass is 32.2. The number of nitrogens with zero attached hydrogens (tertiary/aromatic N) is 4. The molecule has 0 amide bonds. The molecule has 0 radical (unpaired) electrons. The Bertz CT molecular complexity index is 1310. The first kappa shape index (κ1) is 20.2. The van der Waals surface area contributed by atoms with Crippen molar-refractivity contribution in [1.29, 1.82) is 0 Å². The Balaban J connectivity index is 1.72. The molecule has 4 rings (SSSR count). The number of hydrogen-bond donors (Lipinski definition) is 1. The molecule has 1 N–H and O–H groups in total. The molecule has 2 aromatic heterocycles. The van der Waals surface area contributed by atoms with Crippen LogP contribution in [-0.2, 0) is 21.4 Å². The largest absolute Gasteiger partial charge is 0.480 e. The first-order valence-electron chi connectivity index (χ1n) is 9.24. The number of sulfonamides is 1. The molecule has 1 aliphatic heterocycles. The van der Waals surface area contributed by atoms with E-state index in [1.807, 2.05) is 0 Å². The van der Waals surface area contributed by atoms with E-state index < -0.39 is 45.0 Å². The van der Waals surface area contributed by atoms with Crippen LogP contribution < -0.4 is 5.69 Å². The quantitative estimate of drug-likeness (QED) is 0.649. The summed E-state index contributed by atoms with van der Waals surface area (Å²) in [6.07, 6.45) is 1.80. The number of rotatable bonds is 5. The van der Waals surface area contributed by atoms with Crippen molar-refractivity contribution in [2.45, 2.75) is 30.8 Å². The summed E-state index contributed by atoms with van der Waals surface area (Å²) in [7, 11) is -4.08. The molecule has 1 atom stereocenters. The maximum atomic E-state index is 14.3. The molecule has 3 heterocycles. The number of imidazole rings is 1. The Hall–Kier alpha value is -3.05. The zero-order chi connectivity index (χ0) is 21.6. The van der Waals surface area contributed by atoms with Crippen LogP contribution in [0.15, 0.2) is 46.2 Å². The van der Waals surface area contributed by atoms with Crippen LogP contribution in [0.2, 0.25) is 0 Å². The van der Waals surface area contributed by atoms with E-state index in [1.54, 1.807) is 19.1 Å². The van der Waals surface area contributed by atoms with E-state index in [-0.39, 0.29) is 18.7 Å². The number of carboxylic acid groups (broad SMARTS) is 1. The first-order valence-corrected chi connectivity index (χ1v) is 10.7. The van der Waals surface area contributed by atoms with Gasteiger partial charge in [0.2, 0.25) is 10.0 Å². The van der Waals surface area contributed by atoms with Crippen molar-refractivity contribution in [3.05, 3.63) is 58.4 Å². The fourth-order valence-electron chi connectivity index (χ4n) is 3.82. The molecular formula is C19H19FN4O5S. The van der Waals surface area contributed by atoms with Gasteiger partial charge in [-0.3, -0.25) is 13.9 Å². The number of aliphatic carboxylic acids is 1. The number of aromatic nitrogens is 3. The minimum atomic E-state index is -4.08. The van der Waals surface area contributed by atoms with Gasteiger partial charge in [-0.15, -0.1) is 0 Å². The molecule has 158 valence electrons. The second kappa shape index (κ2) is 7.33. The van der Waals surface area contributed by atoms with Crippen molar-refractivity contribution < 1.29 is 22.7 Å². The van der Waals surface area contributed by atoms with Gasteiger partial charge in [-0.2, -0.15) is 4.31 Å². The summed E-state index contributed by atoms with van der Waals surface area (Å²) in [5.74, 6) is -2.00. The highest BCUT2D eigenvalue weighted by Crippen LogP contribution is 2.29. The molecule has 1 aromatic carbocycles. The summed E-state index contributed by atoms with van der Waals surface area (Å²) in [6.45, 7) is 1.19. The van der Waals surface area contributed by atoms with Crippen molar-refractivity contribution >= 4 is 27.2 Å². The fraction of sp³-hybridized carbons (Fsp3) is 0.316. The van der Waals surface area contributed by atoms with Gasteiger partial charge in [0.05, 0.1) is 11.6 Å². The zero-order valence-corrected chi connectivity index (χ0v) is 16.8. The fourth-order valence-corrected chi connectivity index (χ4v) is 5.36.